The van der Waals surface area contributed by atoms with Crippen LogP contribution in [-0.2, 0) is 6.42 Å². The number of H-pyrrole nitrogens is 1. The molecule has 2 atom stereocenters. The van der Waals surface area contributed by atoms with E-state index < -0.39 is 0 Å². The zero-order valence-electron chi connectivity index (χ0n) is 12.6. The molecule has 108 valence electrons. The van der Waals surface area contributed by atoms with Crippen LogP contribution >= 0.6 is 11.8 Å². The molecule has 0 radical (unpaired) electrons. The first-order valence-corrected chi connectivity index (χ1v) is 8.49. The summed E-state index contributed by atoms with van der Waals surface area (Å²) < 4.78 is 0. The minimum absolute atomic E-state index is 0.0656. The minimum Gasteiger partial charge on any atom is -0.301 e. The number of hydrogen-bond acceptors (Lipinski definition) is 3. The van der Waals surface area contributed by atoms with E-state index in [-0.39, 0.29) is 16.9 Å². The maximum atomic E-state index is 12.5. The lowest BCUT2D eigenvalue weighted by Crippen LogP contribution is -2.41. The first-order valence-electron chi connectivity index (χ1n) is 7.27. The third-order valence-corrected chi connectivity index (χ3v) is 5.49. The molecule has 0 saturated heterocycles. The Morgan fingerprint density at radius 2 is 2.20 bits per heavy atom. The number of nitrogens with zero attached hydrogens (tertiary/aromatic N) is 1. The highest BCUT2D eigenvalue weighted by Crippen LogP contribution is 2.50. The highest BCUT2D eigenvalue weighted by Gasteiger charge is 2.44. The quantitative estimate of drug-likeness (QED) is 0.489. The van der Waals surface area contributed by atoms with Gasteiger partial charge in [-0.25, -0.2) is 4.98 Å². The standard InChI is InChI=1S/C16H22N2OS/c1-9-5-6-11-10(7-9)13-12(8-16(11,2)3)17-15(20-4)18-14(13)19/h7,10-11H,5-6,8H2,1-4H3,(H,17,18,19)/t10-,11-/m1/s1. The molecule has 20 heavy (non-hydrogen) atoms. The van der Waals surface area contributed by atoms with Crippen molar-refractivity contribution < 1.29 is 0 Å². The molecule has 0 amide bonds. The van der Waals surface area contributed by atoms with Crippen molar-refractivity contribution in [2.45, 2.75) is 51.1 Å². The molecule has 3 rings (SSSR count). The molecule has 1 N–H and O–H groups in total. The second-order valence-electron chi connectivity index (χ2n) is 6.78. The summed E-state index contributed by atoms with van der Waals surface area (Å²) in [4.78, 5) is 20.1. The van der Waals surface area contributed by atoms with E-state index in [0.29, 0.717) is 5.92 Å². The van der Waals surface area contributed by atoms with Gasteiger partial charge in [-0.3, -0.25) is 4.79 Å². The molecule has 0 bridgehead atoms. The average Bonchev–Trinajstić information content (AvgIpc) is 2.36. The van der Waals surface area contributed by atoms with E-state index in [9.17, 15) is 4.79 Å². The Labute approximate surface area is 124 Å². The van der Waals surface area contributed by atoms with Gasteiger partial charge in [-0.2, -0.15) is 0 Å². The highest BCUT2D eigenvalue weighted by molar-refractivity contribution is 7.98. The first kappa shape index (κ1) is 13.9. The van der Waals surface area contributed by atoms with Crippen LogP contribution in [0.15, 0.2) is 21.6 Å². The molecule has 3 nitrogen and oxygen atoms in total. The molecule has 0 aromatic carbocycles. The van der Waals surface area contributed by atoms with Gasteiger partial charge in [0, 0.05) is 11.5 Å². The molecule has 1 aromatic rings. The topological polar surface area (TPSA) is 45.8 Å². The van der Waals surface area contributed by atoms with Crippen LogP contribution in [0.4, 0.5) is 0 Å². The van der Waals surface area contributed by atoms with Crippen LogP contribution in [0.1, 0.15) is 50.8 Å². The Morgan fingerprint density at radius 1 is 1.45 bits per heavy atom. The molecule has 2 aliphatic rings. The monoisotopic (exact) mass is 290 g/mol. The van der Waals surface area contributed by atoms with Crippen LogP contribution in [0.25, 0.3) is 0 Å². The second-order valence-corrected chi connectivity index (χ2v) is 7.58. The van der Waals surface area contributed by atoms with Crippen LogP contribution < -0.4 is 5.56 Å². The molecule has 0 spiro atoms. The molecular weight excluding hydrogens is 268 g/mol. The van der Waals surface area contributed by atoms with E-state index in [1.807, 2.05) is 6.26 Å². The summed E-state index contributed by atoms with van der Waals surface area (Å²) in [5, 5.41) is 0.736. The van der Waals surface area contributed by atoms with Gasteiger partial charge in [0.1, 0.15) is 0 Å². The number of aromatic nitrogens is 2. The Balaban J connectivity index is 2.21. The zero-order valence-corrected chi connectivity index (χ0v) is 13.4. The fraction of sp³-hybridized carbons (Fsp3) is 0.625. The highest BCUT2D eigenvalue weighted by atomic mass is 32.2. The van der Waals surface area contributed by atoms with Crippen molar-refractivity contribution in [3.05, 3.63) is 33.3 Å². The van der Waals surface area contributed by atoms with E-state index in [1.165, 1.54) is 23.8 Å². The molecule has 0 unspecified atom stereocenters. The van der Waals surface area contributed by atoms with Gasteiger partial charge in [0.2, 0.25) is 0 Å². The van der Waals surface area contributed by atoms with Crippen molar-refractivity contribution in [3.8, 4) is 0 Å². The summed E-state index contributed by atoms with van der Waals surface area (Å²) in [6, 6.07) is 0. The van der Waals surface area contributed by atoms with Crippen LogP contribution in [0.5, 0.6) is 0 Å². The van der Waals surface area contributed by atoms with Gasteiger partial charge in [-0.05, 0) is 43.8 Å². The lowest BCUT2D eigenvalue weighted by molar-refractivity contribution is 0.153. The van der Waals surface area contributed by atoms with Gasteiger partial charge >= 0.3 is 0 Å². The van der Waals surface area contributed by atoms with E-state index in [4.69, 9.17) is 0 Å². The summed E-state index contributed by atoms with van der Waals surface area (Å²) in [5.74, 6) is 0.802. The van der Waals surface area contributed by atoms with Gasteiger partial charge in [-0.1, -0.05) is 37.3 Å². The summed E-state index contributed by atoms with van der Waals surface area (Å²) in [6.07, 6.45) is 7.51. The SMILES string of the molecule is CSc1nc2c(c(=O)[nH]1)[C@@H]1C=C(C)CC[C@H]1C(C)(C)C2. The fourth-order valence-electron chi connectivity index (χ4n) is 3.87. The predicted octanol–water partition coefficient (Wildman–Crippen LogP) is 3.51. The van der Waals surface area contributed by atoms with Crippen LogP contribution in [-0.4, -0.2) is 16.2 Å². The number of hydrogen-bond donors (Lipinski definition) is 1. The maximum Gasteiger partial charge on any atom is 0.255 e. The predicted molar refractivity (Wildman–Crippen MR) is 83.3 cm³/mol. The lowest BCUT2D eigenvalue weighted by Gasteiger charge is -2.45. The number of fused-ring (bicyclic) bond motifs is 3. The summed E-state index contributed by atoms with van der Waals surface area (Å²) in [7, 11) is 0. The summed E-state index contributed by atoms with van der Waals surface area (Å²) in [5.41, 5.74) is 3.62. The average molecular weight is 290 g/mol. The van der Waals surface area contributed by atoms with E-state index in [1.54, 1.807) is 0 Å². The Bertz CT molecular complexity index is 630. The van der Waals surface area contributed by atoms with Crippen LogP contribution in [0, 0.1) is 11.3 Å². The molecule has 0 aliphatic heterocycles. The normalized spacial score (nSPS) is 27.5. The van der Waals surface area contributed by atoms with Gasteiger partial charge < -0.3 is 4.98 Å². The molecule has 0 fully saturated rings. The third kappa shape index (κ3) is 2.14. The van der Waals surface area contributed by atoms with Crippen molar-refractivity contribution in [2.24, 2.45) is 11.3 Å². The number of aromatic amines is 1. The lowest BCUT2D eigenvalue weighted by atomic mass is 9.59. The van der Waals surface area contributed by atoms with Gasteiger partial charge in [-0.15, -0.1) is 0 Å². The van der Waals surface area contributed by atoms with Gasteiger partial charge in [0.05, 0.1) is 5.69 Å². The van der Waals surface area contributed by atoms with Crippen LogP contribution in [0.3, 0.4) is 0 Å². The van der Waals surface area contributed by atoms with E-state index in [0.717, 1.165) is 29.3 Å². The Hall–Kier alpha value is -1.03. The third-order valence-electron chi connectivity index (χ3n) is 4.91. The Kier molecular flexibility index (Phi) is 3.32. The molecule has 4 heteroatoms. The van der Waals surface area contributed by atoms with Gasteiger partial charge in [0.25, 0.3) is 5.56 Å². The number of thioether (sulfide) groups is 1. The molecule has 0 saturated carbocycles. The Morgan fingerprint density at radius 3 is 2.90 bits per heavy atom. The summed E-state index contributed by atoms with van der Waals surface area (Å²) >= 11 is 1.50. The van der Waals surface area contributed by atoms with Crippen molar-refractivity contribution >= 4 is 11.8 Å². The minimum atomic E-state index is 0.0656. The number of nitrogens with one attached hydrogen (secondary N) is 1. The maximum absolute atomic E-state index is 12.5. The largest absolute Gasteiger partial charge is 0.301 e. The number of rotatable bonds is 1. The van der Waals surface area contributed by atoms with Gasteiger partial charge in [0.15, 0.2) is 5.16 Å². The smallest absolute Gasteiger partial charge is 0.255 e. The van der Waals surface area contributed by atoms with Crippen molar-refractivity contribution in [1.82, 2.24) is 9.97 Å². The van der Waals surface area contributed by atoms with Crippen molar-refractivity contribution in [1.29, 1.82) is 0 Å². The first-order chi connectivity index (χ1) is 9.42. The molecule has 1 heterocycles. The second kappa shape index (κ2) is 4.76. The molecular formula is C16H22N2OS. The van der Waals surface area contributed by atoms with Crippen molar-refractivity contribution in [3.63, 3.8) is 0 Å². The molecule has 1 aromatic heterocycles. The van der Waals surface area contributed by atoms with E-state index >= 15 is 0 Å². The number of allylic oxidation sites excluding steroid dienone is 2. The molecule has 2 aliphatic carbocycles. The van der Waals surface area contributed by atoms with Crippen LogP contribution in [0.2, 0.25) is 0 Å². The zero-order chi connectivity index (χ0) is 14.5. The fourth-order valence-corrected chi connectivity index (χ4v) is 4.27. The van der Waals surface area contributed by atoms with Crippen molar-refractivity contribution in [2.75, 3.05) is 6.26 Å². The van der Waals surface area contributed by atoms with E-state index in [2.05, 4.69) is 36.8 Å². The summed E-state index contributed by atoms with van der Waals surface area (Å²) in [6.45, 7) is 6.82.